The van der Waals surface area contributed by atoms with Gasteiger partial charge in [0.15, 0.2) is 11.5 Å². The number of hydrogen-bond acceptors (Lipinski definition) is 8. The Hall–Kier alpha value is -5.78. The Labute approximate surface area is 267 Å². The Morgan fingerprint density at radius 1 is 0.723 bits per heavy atom. The maximum Gasteiger partial charge on any atom is 0.335 e. The number of nitrogens with zero attached hydrogens (tertiary/aromatic N) is 2. The Bertz CT molecular complexity index is 1950. The average Bonchev–Trinajstić information content (AvgIpc) is 3.47. The molecule has 7 rings (SSSR count). The number of ether oxygens (including phenoxy) is 1. The largest absolute Gasteiger partial charge is 0.504 e. The van der Waals surface area contributed by atoms with E-state index in [2.05, 4.69) is 0 Å². The van der Waals surface area contributed by atoms with E-state index in [9.17, 15) is 44.1 Å². The number of benzene rings is 3. The smallest absolute Gasteiger partial charge is 0.335 e. The average molecular weight is 637 g/mol. The zero-order valence-corrected chi connectivity index (χ0v) is 24.9. The molecule has 2 saturated heterocycles. The van der Waals surface area contributed by atoms with Gasteiger partial charge in [0.05, 0.1) is 53.3 Å². The van der Waals surface area contributed by atoms with Crippen LogP contribution in [0.1, 0.15) is 45.0 Å². The van der Waals surface area contributed by atoms with Crippen molar-refractivity contribution >= 4 is 46.9 Å². The molecule has 0 aromatic heterocycles. The number of para-hydroxylation sites is 1. The van der Waals surface area contributed by atoms with Crippen LogP contribution in [-0.2, 0) is 19.2 Å². The zero-order chi connectivity index (χ0) is 33.3. The summed E-state index contributed by atoms with van der Waals surface area (Å²) >= 11 is 0. The van der Waals surface area contributed by atoms with Crippen LogP contribution in [0.3, 0.4) is 0 Å². The highest BCUT2D eigenvalue weighted by molar-refractivity contribution is 6.24. The second-order valence-electron chi connectivity index (χ2n) is 12.2. The zero-order valence-electron chi connectivity index (χ0n) is 24.9. The summed E-state index contributed by atoms with van der Waals surface area (Å²) in [6.45, 7) is 0. The summed E-state index contributed by atoms with van der Waals surface area (Å²) in [4.78, 5) is 81.7. The number of carbonyl (C=O) groups is 6. The molecule has 0 radical (unpaired) electrons. The van der Waals surface area contributed by atoms with E-state index in [0.717, 1.165) is 9.80 Å². The number of methoxy groups -OCH3 is 1. The lowest BCUT2D eigenvalue weighted by atomic mass is 9.57. The molecule has 2 aliphatic carbocycles. The van der Waals surface area contributed by atoms with E-state index >= 15 is 0 Å². The van der Waals surface area contributed by atoms with E-state index in [0.29, 0.717) is 11.1 Å². The third-order valence-electron chi connectivity index (χ3n) is 9.94. The van der Waals surface area contributed by atoms with E-state index in [1.807, 2.05) is 6.08 Å². The molecule has 2 heterocycles. The number of rotatable bonds is 6. The molecular weight excluding hydrogens is 608 g/mol. The molecule has 3 aromatic carbocycles. The Balaban J connectivity index is 1.35. The number of amides is 4. The normalized spacial score (nSPS) is 26.4. The number of carbonyl (C=O) groups excluding carboxylic acids is 4. The Morgan fingerprint density at radius 2 is 1.28 bits per heavy atom. The van der Waals surface area contributed by atoms with Gasteiger partial charge in [-0.1, -0.05) is 35.9 Å². The number of carboxylic acids is 2. The van der Waals surface area contributed by atoms with Crippen LogP contribution in [0.15, 0.2) is 78.4 Å². The van der Waals surface area contributed by atoms with Crippen LogP contribution in [0.5, 0.6) is 11.5 Å². The molecule has 4 aliphatic rings. The fraction of sp³-hybridized carbons (Fsp3) is 0.257. The number of hydrogen-bond donors (Lipinski definition) is 3. The van der Waals surface area contributed by atoms with Crippen molar-refractivity contribution in [3.8, 4) is 11.5 Å². The molecule has 12 nitrogen and oxygen atoms in total. The minimum absolute atomic E-state index is 0.0562. The molecule has 12 heteroatoms. The van der Waals surface area contributed by atoms with Crippen molar-refractivity contribution in [2.45, 2.75) is 18.8 Å². The molecule has 6 atom stereocenters. The molecule has 3 fully saturated rings. The van der Waals surface area contributed by atoms with Crippen molar-refractivity contribution in [2.75, 3.05) is 16.9 Å². The highest BCUT2D eigenvalue weighted by atomic mass is 16.5. The van der Waals surface area contributed by atoms with Crippen molar-refractivity contribution in [3.05, 3.63) is 95.1 Å². The van der Waals surface area contributed by atoms with Gasteiger partial charge in [-0.15, -0.1) is 0 Å². The lowest BCUT2D eigenvalue weighted by Crippen LogP contribution is -2.43. The van der Waals surface area contributed by atoms with Gasteiger partial charge in [0.1, 0.15) is 0 Å². The Kier molecular flexibility index (Phi) is 6.96. The number of phenols is 1. The number of fused-ring (bicyclic) bond motifs is 4. The van der Waals surface area contributed by atoms with Crippen molar-refractivity contribution < 1.29 is 48.8 Å². The summed E-state index contributed by atoms with van der Waals surface area (Å²) in [5.41, 5.74) is 0.978. The quantitative estimate of drug-likeness (QED) is 0.266. The molecule has 0 spiro atoms. The van der Waals surface area contributed by atoms with Crippen LogP contribution < -0.4 is 14.5 Å². The number of imide groups is 2. The monoisotopic (exact) mass is 636 g/mol. The third kappa shape index (κ3) is 4.43. The maximum absolute atomic E-state index is 14.3. The molecule has 0 bridgehead atoms. The van der Waals surface area contributed by atoms with E-state index in [-0.39, 0.29) is 46.8 Å². The summed E-state index contributed by atoms with van der Waals surface area (Å²) in [5.74, 6) is -9.86. The van der Waals surface area contributed by atoms with E-state index in [1.165, 1.54) is 55.6 Å². The summed E-state index contributed by atoms with van der Waals surface area (Å²) < 4.78 is 5.35. The first-order valence-corrected chi connectivity index (χ1v) is 15.0. The highest BCUT2D eigenvalue weighted by Gasteiger charge is 2.62. The predicted molar refractivity (Wildman–Crippen MR) is 164 cm³/mol. The topological polar surface area (TPSA) is 179 Å². The first-order chi connectivity index (χ1) is 22.5. The van der Waals surface area contributed by atoms with E-state index in [1.54, 1.807) is 18.2 Å². The molecule has 3 N–H and O–H groups in total. The van der Waals surface area contributed by atoms with Gasteiger partial charge in [-0.3, -0.25) is 29.0 Å². The van der Waals surface area contributed by atoms with Gasteiger partial charge in [-0.2, -0.15) is 0 Å². The summed E-state index contributed by atoms with van der Waals surface area (Å²) in [5, 5.41) is 30.4. The van der Waals surface area contributed by atoms with Gasteiger partial charge in [0.2, 0.25) is 23.6 Å². The van der Waals surface area contributed by atoms with Crippen molar-refractivity contribution in [1.29, 1.82) is 0 Å². The van der Waals surface area contributed by atoms with Crippen LogP contribution in [0.4, 0.5) is 11.4 Å². The second kappa shape index (κ2) is 10.9. The summed E-state index contributed by atoms with van der Waals surface area (Å²) in [6.07, 6.45) is 2.03. The van der Waals surface area contributed by atoms with Gasteiger partial charge >= 0.3 is 11.9 Å². The number of allylic oxidation sites excluding steroid dienone is 2. The van der Waals surface area contributed by atoms with Gasteiger partial charge in [0.25, 0.3) is 0 Å². The molecule has 47 heavy (non-hydrogen) atoms. The lowest BCUT2D eigenvalue weighted by Gasteiger charge is -2.44. The molecule has 3 aromatic rings. The number of phenolic OH excluding ortho intramolecular Hbond substituents is 1. The van der Waals surface area contributed by atoms with Gasteiger partial charge < -0.3 is 20.1 Å². The molecular formula is C35H28N2O10. The number of anilines is 2. The molecule has 4 amide bonds. The van der Waals surface area contributed by atoms with Crippen LogP contribution in [0.2, 0.25) is 0 Å². The second-order valence-corrected chi connectivity index (χ2v) is 12.2. The van der Waals surface area contributed by atoms with Crippen LogP contribution in [-0.4, -0.2) is 58.0 Å². The maximum atomic E-state index is 14.3. The van der Waals surface area contributed by atoms with Gasteiger partial charge in [-0.25, -0.2) is 9.59 Å². The SMILES string of the molecule is COc1cccc([C@H]2C3=CC[C@@H]4C(=O)N(c5cccc(C(=O)O)c5)C(=O)[C@@H]4[C@@H]3C[C@H]3C(=O)N(c4cccc(C(=O)O)c4)C(=O)[C@@H]23)c1O. The predicted octanol–water partition coefficient (Wildman–Crippen LogP) is 3.84. The minimum atomic E-state index is -1.23. The van der Waals surface area contributed by atoms with E-state index in [4.69, 9.17) is 4.74 Å². The van der Waals surface area contributed by atoms with Gasteiger partial charge in [-0.05, 0) is 61.2 Å². The third-order valence-corrected chi connectivity index (χ3v) is 9.94. The fourth-order valence-electron chi connectivity index (χ4n) is 7.96. The van der Waals surface area contributed by atoms with Crippen molar-refractivity contribution in [2.24, 2.45) is 29.6 Å². The molecule has 238 valence electrons. The van der Waals surface area contributed by atoms with Gasteiger partial charge in [0, 0.05) is 11.5 Å². The standard InChI is InChI=1S/C35H28N2O10/c1-47-25-10-4-9-21(29(25)38)26-20-11-12-22-27(32(41)36(30(22)39)18-7-2-5-16(13-18)34(43)44)23(20)15-24-28(26)33(42)37(31(24)40)19-8-3-6-17(14-19)35(45)46/h2-11,13-14,22-24,26-28,38H,12,15H2,1H3,(H,43,44)(H,45,46)/t22-,23+,24+,26+,27-,28+/m0/s1. The number of aromatic hydroxyl groups is 1. The summed E-state index contributed by atoms with van der Waals surface area (Å²) in [6, 6.07) is 15.9. The summed E-state index contributed by atoms with van der Waals surface area (Å²) in [7, 11) is 1.38. The molecule has 1 saturated carbocycles. The van der Waals surface area contributed by atoms with E-state index < -0.39 is 71.1 Å². The number of carboxylic acid groups (broad SMARTS) is 2. The lowest BCUT2D eigenvalue weighted by molar-refractivity contribution is -0.126. The first-order valence-electron chi connectivity index (χ1n) is 15.0. The molecule has 2 aliphatic heterocycles. The highest BCUT2D eigenvalue weighted by Crippen LogP contribution is 2.59. The van der Waals surface area contributed by atoms with Crippen molar-refractivity contribution in [1.82, 2.24) is 0 Å². The first kappa shape index (κ1) is 29.9. The number of aromatic carboxylic acids is 2. The van der Waals surface area contributed by atoms with Crippen LogP contribution in [0.25, 0.3) is 0 Å². The van der Waals surface area contributed by atoms with Crippen molar-refractivity contribution in [3.63, 3.8) is 0 Å². The Morgan fingerprint density at radius 3 is 1.85 bits per heavy atom. The molecule has 0 unspecified atom stereocenters. The minimum Gasteiger partial charge on any atom is -0.504 e. The van der Waals surface area contributed by atoms with Crippen LogP contribution in [0, 0.1) is 29.6 Å². The fourth-order valence-corrected chi connectivity index (χ4v) is 7.96. The van der Waals surface area contributed by atoms with Crippen LogP contribution >= 0.6 is 0 Å².